The van der Waals surface area contributed by atoms with Crippen molar-refractivity contribution in [1.82, 2.24) is 9.88 Å². The fourth-order valence-corrected chi connectivity index (χ4v) is 1.94. The highest BCUT2D eigenvalue weighted by atomic mass is 16.6. The summed E-state index contributed by atoms with van der Waals surface area (Å²) in [6.07, 6.45) is 0. The highest BCUT2D eigenvalue weighted by Crippen LogP contribution is 2.18. The summed E-state index contributed by atoms with van der Waals surface area (Å²) in [6.45, 7) is 3.06. The lowest BCUT2D eigenvalue weighted by molar-refractivity contribution is -0.389. The normalized spacial score (nSPS) is 24.0. The lowest BCUT2D eigenvalue weighted by Gasteiger charge is -2.12. The molecule has 0 aliphatic carbocycles. The third kappa shape index (κ3) is 2.14. The van der Waals surface area contributed by atoms with Crippen LogP contribution in [0.25, 0.3) is 0 Å². The number of rotatable bonds is 2. The number of carbonyl (C=O) groups is 1. The van der Waals surface area contributed by atoms with Gasteiger partial charge < -0.3 is 20.7 Å². The fraction of sp³-hybridized carbons (Fsp3) is 0.500. The summed E-state index contributed by atoms with van der Waals surface area (Å²) in [5.41, 5.74) is 6.06. The molecule has 1 aromatic rings. The van der Waals surface area contributed by atoms with Crippen molar-refractivity contribution in [3.8, 4) is 0 Å². The molecule has 0 bridgehead atoms. The average Bonchev–Trinajstić information content (AvgIpc) is 2.86. The Labute approximate surface area is 97.7 Å². The van der Waals surface area contributed by atoms with Gasteiger partial charge in [-0.3, -0.25) is 4.79 Å². The van der Waals surface area contributed by atoms with Crippen molar-refractivity contribution in [1.29, 1.82) is 0 Å². The number of H-pyrrole nitrogens is 1. The summed E-state index contributed by atoms with van der Waals surface area (Å²) in [5.74, 6) is -0.160. The predicted octanol–water partition coefficient (Wildman–Crippen LogP) is 0.342. The van der Waals surface area contributed by atoms with Crippen LogP contribution in [0.4, 0.5) is 5.82 Å². The van der Waals surface area contributed by atoms with Crippen molar-refractivity contribution in [2.45, 2.75) is 13.0 Å². The summed E-state index contributed by atoms with van der Waals surface area (Å²) < 4.78 is 0. The van der Waals surface area contributed by atoms with E-state index in [2.05, 4.69) is 4.98 Å². The number of aromatic nitrogens is 1. The molecule has 2 rings (SSSR count). The van der Waals surface area contributed by atoms with E-state index in [0.29, 0.717) is 13.1 Å². The molecule has 2 atom stereocenters. The van der Waals surface area contributed by atoms with E-state index in [1.807, 2.05) is 6.92 Å². The van der Waals surface area contributed by atoms with Gasteiger partial charge in [-0.2, -0.15) is 0 Å². The van der Waals surface area contributed by atoms with Gasteiger partial charge in [0.1, 0.15) is 0 Å². The number of carbonyl (C=O) groups excluding carboxylic acids is 1. The number of hydrogen-bond donors (Lipinski definition) is 2. The predicted molar refractivity (Wildman–Crippen MR) is 60.5 cm³/mol. The average molecular weight is 238 g/mol. The molecule has 0 radical (unpaired) electrons. The number of nitro groups is 1. The maximum atomic E-state index is 12.0. The molecule has 17 heavy (non-hydrogen) atoms. The number of likely N-dealkylation sites (tertiary alicyclic amines) is 1. The number of nitrogens with zero attached hydrogens (tertiary/aromatic N) is 2. The third-order valence-corrected chi connectivity index (χ3v) is 3.06. The van der Waals surface area contributed by atoms with Gasteiger partial charge in [0, 0.05) is 25.2 Å². The quantitative estimate of drug-likeness (QED) is 0.572. The molecule has 1 amide bonds. The van der Waals surface area contributed by atoms with E-state index in [0.717, 1.165) is 0 Å². The van der Waals surface area contributed by atoms with Crippen molar-refractivity contribution < 1.29 is 9.72 Å². The minimum atomic E-state index is -0.560. The van der Waals surface area contributed by atoms with E-state index < -0.39 is 4.92 Å². The van der Waals surface area contributed by atoms with Crippen LogP contribution in [-0.4, -0.2) is 39.8 Å². The first-order valence-electron chi connectivity index (χ1n) is 5.37. The van der Waals surface area contributed by atoms with Crippen molar-refractivity contribution in [2.24, 2.45) is 11.7 Å². The molecule has 0 spiro atoms. The first-order chi connectivity index (χ1) is 7.99. The van der Waals surface area contributed by atoms with Crippen molar-refractivity contribution in [3.05, 3.63) is 27.9 Å². The van der Waals surface area contributed by atoms with Gasteiger partial charge in [0.2, 0.25) is 0 Å². The van der Waals surface area contributed by atoms with Crippen LogP contribution in [0.5, 0.6) is 0 Å². The molecule has 1 aliphatic rings. The Hall–Kier alpha value is -1.89. The smallest absolute Gasteiger partial charge is 0.321 e. The molecule has 1 saturated heterocycles. The summed E-state index contributed by atoms with van der Waals surface area (Å²) in [7, 11) is 0. The molecule has 3 N–H and O–H groups in total. The van der Waals surface area contributed by atoms with Gasteiger partial charge in [-0.15, -0.1) is 0 Å². The maximum absolute atomic E-state index is 12.0. The minimum Gasteiger partial charge on any atom is -0.358 e. The molecule has 2 heterocycles. The van der Waals surface area contributed by atoms with Gasteiger partial charge in [0.05, 0.1) is 0 Å². The highest BCUT2D eigenvalue weighted by Gasteiger charge is 2.32. The number of aromatic amines is 1. The maximum Gasteiger partial charge on any atom is 0.321 e. The van der Waals surface area contributed by atoms with E-state index in [1.54, 1.807) is 4.90 Å². The standard InChI is InChI=1S/C10H14N4O3/c1-6-4-13(5-7(6)11)10(15)8-2-3-9(12-8)14(16)17/h2-3,6-7,12H,4-5,11H2,1H3. The first kappa shape index (κ1) is 11.6. The SMILES string of the molecule is CC1CN(C(=O)c2ccc([N+](=O)[O-])[nH]2)CC1N. The lowest BCUT2D eigenvalue weighted by Crippen LogP contribution is -2.32. The molecule has 92 valence electrons. The van der Waals surface area contributed by atoms with Crippen LogP contribution in [0.2, 0.25) is 0 Å². The second kappa shape index (κ2) is 4.17. The fourth-order valence-electron chi connectivity index (χ4n) is 1.94. The zero-order chi connectivity index (χ0) is 12.6. The Kier molecular flexibility index (Phi) is 2.84. The van der Waals surface area contributed by atoms with Crippen molar-refractivity contribution in [2.75, 3.05) is 13.1 Å². The molecule has 7 heteroatoms. The second-order valence-electron chi connectivity index (χ2n) is 4.37. The molecule has 0 saturated carbocycles. The molecule has 1 aromatic heterocycles. The monoisotopic (exact) mass is 238 g/mol. The van der Waals surface area contributed by atoms with Crippen LogP contribution in [0, 0.1) is 16.0 Å². The van der Waals surface area contributed by atoms with E-state index in [1.165, 1.54) is 12.1 Å². The van der Waals surface area contributed by atoms with Crippen molar-refractivity contribution in [3.63, 3.8) is 0 Å². The highest BCUT2D eigenvalue weighted by molar-refractivity contribution is 5.93. The van der Waals surface area contributed by atoms with E-state index in [-0.39, 0.29) is 29.4 Å². The van der Waals surface area contributed by atoms with Crippen LogP contribution >= 0.6 is 0 Å². The zero-order valence-electron chi connectivity index (χ0n) is 9.42. The van der Waals surface area contributed by atoms with Gasteiger partial charge in [-0.1, -0.05) is 6.92 Å². The van der Waals surface area contributed by atoms with Crippen LogP contribution < -0.4 is 5.73 Å². The second-order valence-corrected chi connectivity index (χ2v) is 4.37. The Morgan fingerprint density at radius 3 is 2.76 bits per heavy atom. The number of nitrogens with two attached hydrogens (primary N) is 1. The molecule has 0 aromatic carbocycles. The van der Waals surface area contributed by atoms with E-state index >= 15 is 0 Å². The Morgan fingerprint density at radius 2 is 2.29 bits per heavy atom. The summed E-state index contributed by atoms with van der Waals surface area (Å²) in [5, 5.41) is 10.5. The summed E-state index contributed by atoms with van der Waals surface area (Å²) >= 11 is 0. The van der Waals surface area contributed by atoms with Crippen LogP contribution in [-0.2, 0) is 0 Å². The Bertz CT molecular complexity index is 446. The lowest BCUT2D eigenvalue weighted by atomic mass is 10.1. The molecule has 1 fully saturated rings. The van der Waals surface area contributed by atoms with Crippen LogP contribution in [0.3, 0.4) is 0 Å². The zero-order valence-corrected chi connectivity index (χ0v) is 9.42. The number of nitrogens with one attached hydrogen (secondary N) is 1. The van der Waals surface area contributed by atoms with Gasteiger partial charge in [0.25, 0.3) is 5.91 Å². The summed E-state index contributed by atoms with van der Waals surface area (Å²) in [6, 6.07) is 2.69. The van der Waals surface area contributed by atoms with E-state index in [9.17, 15) is 14.9 Å². The topological polar surface area (TPSA) is 105 Å². The van der Waals surface area contributed by atoms with Gasteiger partial charge in [-0.25, -0.2) is 4.98 Å². The third-order valence-electron chi connectivity index (χ3n) is 3.06. The molecule has 2 unspecified atom stereocenters. The van der Waals surface area contributed by atoms with Gasteiger partial charge in [-0.05, 0) is 16.9 Å². The summed E-state index contributed by atoms with van der Waals surface area (Å²) in [4.78, 5) is 26.0. The molecular weight excluding hydrogens is 224 g/mol. The molecule has 1 aliphatic heterocycles. The largest absolute Gasteiger partial charge is 0.358 e. The van der Waals surface area contributed by atoms with E-state index in [4.69, 9.17) is 5.73 Å². The number of hydrogen-bond acceptors (Lipinski definition) is 4. The van der Waals surface area contributed by atoms with Gasteiger partial charge in [0.15, 0.2) is 5.69 Å². The first-order valence-corrected chi connectivity index (χ1v) is 5.37. The molecular formula is C10H14N4O3. The Balaban J connectivity index is 2.12. The minimum absolute atomic E-state index is 0.0242. The van der Waals surface area contributed by atoms with Crippen LogP contribution in [0.1, 0.15) is 17.4 Å². The van der Waals surface area contributed by atoms with Crippen molar-refractivity contribution >= 4 is 11.7 Å². The Morgan fingerprint density at radius 1 is 1.59 bits per heavy atom. The van der Waals surface area contributed by atoms with Crippen LogP contribution in [0.15, 0.2) is 12.1 Å². The molecule has 7 nitrogen and oxygen atoms in total. The number of amides is 1. The van der Waals surface area contributed by atoms with Gasteiger partial charge >= 0.3 is 5.82 Å².